The third kappa shape index (κ3) is 6.24. The van der Waals surface area contributed by atoms with E-state index in [0.29, 0.717) is 12.2 Å². The van der Waals surface area contributed by atoms with Crippen molar-refractivity contribution in [1.82, 2.24) is 0 Å². The van der Waals surface area contributed by atoms with Crippen molar-refractivity contribution in [1.29, 1.82) is 0 Å². The van der Waals surface area contributed by atoms with Crippen LogP contribution in [0.15, 0.2) is 65.6 Å². The summed E-state index contributed by atoms with van der Waals surface area (Å²) in [5.74, 6) is -0.212. The van der Waals surface area contributed by atoms with Gasteiger partial charge in [0.25, 0.3) is 0 Å². The zero-order valence-corrected chi connectivity index (χ0v) is 15.3. The first-order valence-electron chi connectivity index (χ1n) is 8.31. The molecule has 0 aromatic heterocycles. The van der Waals surface area contributed by atoms with Crippen LogP contribution in [0.5, 0.6) is 0 Å². The number of thioether (sulfide) groups is 1. The molecule has 2 rings (SSSR count). The molecule has 130 valence electrons. The number of ketones is 1. The maximum Gasteiger partial charge on any atom is 0.319 e. The highest BCUT2D eigenvalue weighted by molar-refractivity contribution is 8.00. The second-order valence-corrected chi connectivity index (χ2v) is 6.97. The summed E-state index contributed by atoms with van der Waals surface area (Å²) in [6.07, 6.45) is 4.19. The number of carbonyl (C=O) groups is 2. The van der Waals surface area contributed by atoms with Crippen molar-refractivity contribution in [3.63, 3.8) is 0 Å². The van der Waals surface area contributed by atoms with E-state index in [1.165, 1.54) is 11.8 Å². The first kappa shape index (κ1) is 19.0. The number of ether oxygens (including phenoxy) is 1. The minimum atomic E-state index is -0.243. The number of rotatable bonds is 8. The smallest absolute Gasteiger partial charge is 0.319 e. The largest absolute Gasteiger partial charge is 0.465 e. The summed E-state index contributed by atoms with van der Waals surface area (Å²) in [7, 11) is 0. The standard InChI is InChI=1S/C21H22O3S/c1-3-15-24-21(23)16(2)25-19-12-9-17(10-13-19)11-14-20(22)18-7-5-4-6-8-18/h4-14,16H,3,15H2,1-2H3/b14-11+. The molecule has 0 bridgehead atoms. The first-order valence-corrected chi connectivity index (χ1v) is 9.19. The van der Waals surface area contributed by atoms with Gasteiger partial charge in [0, 0.05) is 10.5 Å². The van der Waals surface area contributed by atoms with Crippen LogP contribution in [0.1, 0.15) is 36.2 Å². The fourth-order valence-electron chi connectivity index (χ4n) is 2.10. The van der Waals surface area contributed by atoms with Gasteiger partial charge in [-0.2, -0.15) is 0 Å². The Morgan fingerprint density at radius 1 is 1.08 bits per heavy atom. The predicted molar refractivity (Wildman–Crippen MR) is 103 cm³/mol. The monoisotopic (exact) mass is 354 g/mol. The predicted octanol–water partition coefficient (Wildman–Crippen LogP) is 5.02. The van der Waals surface area contributed by atoms with E-state index in [1.54, 1.807) is 24.3 Å². The summed E-state index contributed by atoms with van der Waals surface area (Å²) in [6, 6.07) is 16.9. The Hall–Kier alpha value is -2.33. The highest BCUT2D eigenvalue weighted by atomic mass is 32.2. The van der Waals surface area contributed by atoms with Crippen LogP contribution < -0.4 is 0 Å². The Morgan fingerprint density at radius 3 is 2.40 bits per heavy atom. The van der Waals surface area contributed by atoms with Gasteiger partial charge in [-0.15, -0.1) is 11.8 Å². The summed E-state index contributed by atoms with van der Waals surface area (Å²) in [4.78, 5) is 24.8. The van der Waals surface area contributed by atoms with Crippen molar-refractivity contribution >= 4 is 29.6 Å². The van der Waals surface area contributed by atoms with Gasteiger partial charge < -0.3 is 4.74 Å². The van der Waals surface area contributed by atoms with E-state index in [0.717, 1.165) is 16.9 Å². The molecule has 0 aliphatic rings. The molecule has 25 heavy (non-hydrogen) atoms. The molecule has 0 radical (unpaired) electrons. The number of allylic oxidation sites excluding steroid dienone is 1. The van der Waals surface area contributed by atoms with Gasteiger partial charge in [0.15, 0.2) is 5.78 Å². The van der Waals surface area contributed by atoms with E-state index in [4.69, 9.17) is 4.74 Å². The van der Waals surface area contributed by atoms with Crippen LogP contribution in [0.25, 0.3) is 6.08 Å². The normalized spacial score (nSPS) is 12.1. The van der Waals surface area contributed by atoms with Gasteiger partial charge in [0.2, 0.25) is 0 Å². The number of hydrogen-bond donors (Lipinski definition) is 0. The molecule has 4 heteroatoms. The lowest BCUT2D eigenvalue weighted by Crippen LogP contribution is -2.17. The minimum absolute atomic E-state index is 0.0219. The lowest BCUT2D eigenvalue weighted by molar-refractivity contribution is -0.142. The Morgan fingerprint density at radius 2 is 1.76 bits per heavy atom. The molecule has 2 aromatic carbocycles. The summed E-state index contributed by atoms with van der Waals surface area (Å²) >= 11 is 1.47. The highest BCUT2D eigenvalue weighted by Crippen LogP contribution is 2.24. The molecule has 0 saturated carbocycles. The van der Waals surface area contributed by atoms with E-state index in [2.05, 4.69) is 0 Å². The third-order valence-electron chi connectivity index (χ3n) is 3.46. The molecule has 0 saturated heterocycles. The van der Waals surface area contributed by atoms with Gasteiger partial charge in [-0.3, -0.25) is 9.59 Å². The summed E-state index contributed by atoms with van der Waals surface area (Å²) in [5.41, 5.74) is 1.61. The molecule has 0 fully saturated rings. The van der Waals surface area contributed by atoms with Gasteiger partial charge >= 0.3 is 5.97 Å². The lowest BCUT2D eigenvalue weighted by Gasteiger charge is -2.10. The van der Waals surface area contributed by atoms with Gasteiger partial charge in [-0.1, -0.05) is 55.5 Å². The number of benzene rings is 2. The Bertz CT molecular complexity index is 721. The number of carbonyl (C=O) groups excluding carboxylic acids is 2. The Kier molecular flexibility index (Phi) is 7.48. The molecular formula is C21H22O3S. The fraction of sp³-hybridized carbons (Fsp3) is 0.238. The molecule has 1 atom stereocenters. The van der Waals surface area contributed by atoms with Gasteiger partial charge in [0.1, 0.15) is 5.25 Å². The van der Waals surface area contributed by atoms with Crippen LogP contribution in [0.4, 0.5) is 0 Å². The maximum absolute atomic E-state index is 12.0. The zero-order valence-electron chi connectivity index (χ0n) is 14.5. The SMILES string of the molecule is CCCOC(=O)C(C)Sc1ccc(/C=C/C(=O)c2ccccc2)cc1. The Labute approximate surface area is 153 Å². The molecule has 0 heterocycles. The van der Waals surface area contributed by atoms with Crippen molar-refractivity contribution in [2.24, 2.45) is 0 Å². The number of esters is 1. The van der Waals surface area contributed by atoms with Crippen LogP contribution in [0.3, 0.4) is 0 Å². The average molecular weight is 354 g/mol. The molecule has 0 aliphatic carbocycles. The molecular weight excluding hydrogens is 332 g/mol. The van der Waals surface area contributed by atoms with Crippen LogP contribution in [-0.4, -0.2) is 23.6 Å². The molecule has 3 nitrogen and oxygen atoms in total. The van der Waals surface area contributed by atoms with Crippen molar-refractivity contribution < 1.29 is 14.3 Å². The third-order valence-corrected chi connectivity index (χ3v) is 4.55. The van der Waals surface area contributed by atoms with Crippen LogP contribution in [0, 0.1) is 0 Å². The summed E-state index contributed by atoms with van der Waals surface area (Å²) in [6.45, 7) is 4.28. The quantitative estimate of drug-likeness (QED) is 0.289. The zero-order chi connectivity index (χ0) is 18.1. The van der Waals surface area contributed by atoms with Crippen molar-refractivity contribution in [3.05, 3.63) is 71.8 Å². The molecule has 0 spiro atoms. The van der Waals surface area contributed by atoms with Crippen molar-refractivity contribution in [2.45, 2.75) is 30.4 Å². The average Bonchev–Trinajstić information content (AvgIpc) is 2.65. The Balaban J connectivity index is 1.92. The van der Waals surface area contributed by atoms with Crippen molar-refractivity contribution in [3.8, 4) is 0 Å². The highest BCUT2D eigenvalue weighted by Gasteiger charge is 2.15. The minimum Gasteiger partial charge on any atom is -0.465 e. The van der Waals surface area contributed by atoms with Crippen molar-refractivity contribution in [2.75, 3.05) is 6.61 Å². The van der Waals surface area contributed by atoms with E-state index >= 15 is 0 Å². The van der Waals surface area contributed by atoms with E-state index in [-0.39, 0.29) is 17.0 Å². The number of hydrogen-bond acceptors (Lipinski definition) is 4. The second-order valence-electron chi connectivity index (χ2n) is 5.56. The van der Waals surface area contributed by atoms with E-state index < -0.39 is 0 Å². The summed E-state index contributed by atoms with van der Waals surface area (Å²) < 4.78 is 5.15. The fourth-order valence-corrected chi connectivity index (χ4v) is 2.97. The van der Waals surface area contributed by atoms with Crippen LogP contribution >= 0.6 is 11.8 Å². The van der Waals surface area contributed by atoms with Crippen LogP contribution in [-0.2, 0) is 9.53 Å². The lowest BCUT2D eigenvalue weighted by atomic mass is 10.1. The maximum atomic E-state index is 12.0. The molecule has 0 N–H and O–H groups in total. The molecule has 0 aliphatic heterocycles. The molecule has 0 amide bonds. The topological polar surface area (TPSA) is 43.4 Å². The van der Waals surface area contributed by atoms with Crippen LogP contribution in [0.2, 0.25) is 0 Å². The second kappa shape index (κ2) is 9.84. The summed E-state index contributed by atoms with van der Waals surface area (Å²) in [5, 5.41) is -0.243. The van der Waals surface area contributed by atoms with E-state index in [9.17, 15) is 9.59 Å². The van der Waals surface area contributed by atoms with E-state index in [1.807, 2.05) is 56.3 Å². The first-order chi connectivity index (χ1) is 12.1. The van der Waals surface area contributed by atoms with Gasteiger partial charge in [0.05, 0.1) is 6.61 Å². The van der Waals surface area contributed by atoms with Gasteiger partial charge in [-0.25, -0.2) is 0 Å². The molecule has 1 unspecified atom stereocenters. The molecule has 2 aromatic rings. The van der Waals surface area contributed by atoms with Gasteiger partial charge in [-0.05, 0) is 37.1 Å².